The lowest BCUT2D eigenvalue weighted by Crippen LogP contribution is -2.18. The first-order chi connectivity index (χ1) is 13.2. The van der Waals surface area contributed by atoms with Crippen molar-refractivity contribution >= 4 is 23.2 Å². The van der Waals surface area contributed by atoms with Crippen molar-refractivity contribution in [3.63, 3.8) is 0 Å². The van der Waals surface area contributed by atoms with Gasteiger partial charge in [-0.3, -0.25) is 4.79 Å². The van der Waals surface area contributed by atoms with Crippen molar-refractivity contribution in [3.8, 4) is 10.7 Å². The Kier molecular flexibility index (Phi) is 4.80. The molecule has 134 valence electrons. The number of aryl methyl sites for hydroxylation is 1. The molecule has 0 amide bonds. The molecular formula is C21H18N4OS. The lowest BCUT2D eigenvalue weighted by Gasteiger charge is -2.08. The summed E-state index contributed by atoms with van der Waals surface area (Å²) in [4.78, 5) is 18.6. The molecule has 0 aliphatic rings. The highest BCUT2D eigenvalue weighted by atomic mass is 32.1. The minimum atomic E-state index is -0.195. The third kappa shape index (κ3) is 3.66. The third-order valence-electron chi connectivity index (χ3n) is 4.21. The molecule has 0 aliphatic carbocycles. The van der Waals surface area contributed by atoms with E-state index in [9.17, 15) is 4.79 Å². The second kappa shape index (κ2) is 7.55. The topological polar surface area (TPSA) is 59.8 Å². The smallest absolute Gasteiger partial charge is 0.281 e. The van der Waals surface area contributed by atoms with Crippen LogP contribution in [0.15, 0.2) is 72.1 Å². The molecule has 0 spiro atoms. The fourth-order valence-corrected chi connectivity index (χ4v) is 3.43. The van der Waals surface area contributed by atoms with E-state index in [2.05, 4.69) is 15.4 Å². The van der Waals surface area contributed by atoms with Crippen LogP contribution in [-0.2, 0) is 6.54 Å². The van der Waals surface area contributed by atoms with Crippen LogP contribution >= 0.6 is 11.3 Å². The molecular weight excluding hydrogens is 356 g/mol. The lowest BCUT2D eigenvalue weighted by atomic mass is 10.1. The van der Waals surface area contributed by atoms with Crippen LogP contribution in [0.25, 0.3) is 10.7 Å². The fraction of sp³-hybridized carbons (Fsp3) is 0.0952. The Labute approximate surface area is 161 Å². The molecule has 0 radical (unpaired) electrons. The van der Waals surface area contributed by atoms with E-state index in [1.165, 1.54) is 4.68 Å². The van der Waals surface area contributed by atoms with Gasteiger partial charge in [-0.15, -0.1) is 16.4 Å². The van der Waals surface area contributed by atoms with Crippen LogP contribution < -0.4 is 5.32 Å². The summed E-state index contributed by atoms with van der Waals surface area (Å²) < 4.78 is 1.36. The maximum atomic E-state index is 13.1. The van der Waals surface area contributed by atoms with Crippen molar-refractivity contribution in [1.29, 1.82) is 0 Å². The van der Waals surface area contributed by atoms with Crippen molar-refractivity contribution < 1.29 is 4.79 Å². The largest absolute Gasteiger partial charge is 0.350 e. The Morgan fingerprint density at radius 3 is 2.56 bits per heavy atom. The van der Waals surface area contributed by atoms with Gasteiger partial charge in [-0.2, -0.15) is 9.67 Å². The Morgan fingerprint density at radius 1 is 1.04 bits per heavy atom. The quantitative estimate of drug-likeness (QED) is 0.554. The molecule has 4 rings (SSSR count). The zero-order valence-corrected chi connectivity index (χ0v) is 15.6. The Balaban J connectivity index is 1.70. The number of hydrogen-bond acceptors (Lipinski definition) is 5. The van der Waals surface area contributed by atoms with Gasteiger partial charge in [0.15, 0.2) is 5.82 Å². The molecule has 2 heterocycles. The molecule has 2 aromatic heterocycles. The van der Waals surface area contributed by atoms with Crippen molar-refractivity contribution in [2.24, 2.45) is 0 Å². The van der Waals surface area contributed by atoms with Gasteiger partial charge >= 0.3 is 0 Å². The minimum absolute atomic E-state index is 0.195. The number of thiophene rings is 1. The molecule has 0 fully saturated rings. The molecule has 0 atom stereocenters. The van der Waals surface area contributed by atoms with E-state index in [4.69, 9.17) is 0 Å². The molecule has 2 aromatic carbocycles. The predicted molar refractivity (Wildman–Crippen MR) is 108 cm³/mol. The Bertz CT molecular complexity index is 1060. The van der Waals surface area contributed by atoms with Gasteiger partial charge in [-0.1, -0.05) is 54.6 Å². The van der Waals surface area contributed by atoms with Gasteiger partial charge in [0.25, 0.3) is 5.91 Å². The van der Waals surface area contributed by atoms with Crippen molar-refractivity contribution in [2.75, 3.05) is 5.32 Å². The maximum Gasteiger partial charge on any atom is 0.281 e. The number of carbonyl (C=O) groups is 1. The highest BCUT2D eigenvalue weighted by molar-refractivity contribution is 7.13. The van der Waals surface area contributed by atoms with Gasteiger partial charge in [0.2, 0.25) is 5.95 Å². The first-order valence-corrected chi connectivity index (χ1v) is 9.49. The average molecular weight is 374 g/mol. The summed E-state index contributed by atoms with van der Waals surface area (Å²) in [6.45, 7) is 2.48. The number of anilines is 1. The first-order valence-electron chi connectivity index (χ1n) is 8.61. The normalized spacial score (nSPS) is 10.7. The van der Waals surface area contributed by atoms with E-state index >= 15 is 0 Å². The summed E-state index contributed by atoms with van der Waals surface area (Å²) in [5, 5.41) is 9.71. The van der Waals surface area contributed by atoms with E-state index in [0.717, 1.165) is 16.0 Å². The third-order valence-corrected chi connectivity index (χ3v) is 5.08. The summed E-state index contributed by atoms with van der Waals surface area (Å²) in [5.74, 6) is 0.789. The van der Waals surface area contributed by atoms with E-state index in [1.807, 2.05) is 79.0 Å². The molecule has 1 N–H and O–H groups in total. The van der Waals surface area contributed by atoms with Crippen LogP contribution in [0, 0.1) is 6.92 Å². The van der Waals surface area contributed by atoms with Crippen molar-refractivity contribution in [3.05, 3.63) is 88.8 Å². The first kappa shape index (κ1) is 17.2. The summed E-state index contributed by atoms with van der Waals surface area (Å²) in [5.41, 5.74) is 2.63. The Hall–Kier alpha value is -3.25. The maximum absolute atomic E-state index is 13.1. The monoisotopic (exact) mass is 374 g/mol. The van der Waals surface area contributed by atoms with Gasteiger partial charge in [-0.25, -0.2) is 0 Å². The number of benzene rings is 2. The predicted octanol–water partition coefficient (Wildman–Crippen LogP) is 4.62. The highest BCUT2D eigenvalue weighted by Crippen LogP contribution is 2.24. The molecule has 6 heteroatoms. The van der Waals surface area contributed by atoms with Crippen LogP contribution in [-0.4, -0.2) is 20.7 Å². The molecule has 0 saturated heterocycles. The molecule has 5 nitrogen and oxygen atoms in total. The summed E-state index contributed by atoms with van der Waals surface area (Å²) in [7, 11) is 0. The van der Waals surface area contributed by atoms with E-state index in [1.54, 1.807) is 11.3 Å². The molecule has 0 bridgehead atoms. The average Bonchev–Trinajstić information content (AvgIpc) is 3.37. The van der Waals surface area contributed by atoms with Crippen LogP contribution in [0.3, 0.4) is 0 Å². The summed E-state index contributed by atoms with van der Waals surface area (Å²) >= 11 is 1.55. The summed E-state index contributed by atoms with van der Waals surface area (Å²) in [6, 6.07) is 21.4. The number of aromatic nitrogens is 3. The van der Waals surface area contributed by atoms with Gasteiger partial charge in [-0.05, 0) is 35.6 Å². The van der Waals surface area contributed by atoms with Gasteiger partial charge in [0, 0.05) is 12.1 Å². The summed E-state index contributed by atoms with van der Waals surface area (Å²) in [6.07, 6.45) is 0. The fourth-order valence-electron chi connectivity index (χ4n) is 2.78. The number of nitrogens with zero attached hydrogens (tertiary/aromatic N) is 3. The molecule has 0 aliphatic heterocycles. The van der Waals surface area contributed by atoms with Crippen LogP contribution in [0.2, 0.25) is 0 Å². The second-order valence-electron chi connectivity index (χ2n) is 6.11. The van der Waals surface area contributed by atoms with Crippen LogP contribution in [0.1, 0.15) is 21.5 Å². The minimum Gasteiger partial charge on any atom is -0.350 e. The highest BCUT2D eigenvalue weighted by Gasteiger charge is 2.20. The lowest BCUT2D eigenvalue weighted by molar-refractivity contribution is 0.0947. The van der Waals surface area contributed by atoms with Crippen LogP contribution in [0.4, 0.5) is 5.95 Å². The SMILES string of the molecule is Cc1ccccc1C(=O)n1nc(-c2cccs2)nc1NCc1ccccc1. The standard InChI is InChI=1S/C21H18N4OS/c1-15-8-5-6-11-17(15)20(26)25-21(22-14-16-9-3-2-4-10-16)23-19(24-25)18-12-7-13-27-18/h2-13H,14H2,1H3,(H,22,23,24). The van der Waals surface area contributed by atoms with Gasteiger partial charge in [0.1, 0.15) is 0 Å². The molecule has 0 unspecified atom stereocenters. The number of nitrogens with one attached hydrogen (secondary N) is 1. The van der Waals surface area contributed by atoms with E-state index in [-0.39, 0.29) is 5.91 Å². The molecule has 4 aromatic rings. The zero-order chi connectivity index (χ0) is 18.6. The van der Waals surface area contributed by atoms with Gasteiger partial charge in [0.05, 0.1) is 4.88 Å². The number of rotatable bonds is 5. The van der Waals surface area contributed by atoms with E-state index in [0.29, 0.717) is 23.9 Å². The molecule has 0 saturated carbocycles. The van der Waals surface area contributed by atoms with Crippen molar-refractivity contribution in [1.82, 2.24) is 14.8 Å². The van der Waals surface area contributed by atoms with E-state index < -0.39 is 0 Å². The number of hydrogen-bond donors (Lipinski definition) is 1. The molecule has 27 heavy (non-hydrogen) atoms. The Morgan fingerprint density at radius 2 is 1.81 bits per heavy atom. The zero-order valence-electron chi connectivity index (χ0n) is 14.8. The van der Waals surface area contributed by atoms with Gasteiger partial charge < -0.3 is 5.32 Å². The second-order valence-corrected chi connectivity index (χ2v) is 7.06. The number of carbonyl (C=O) groups excluding carboxylic acids is 1. The van der Waals surface area contributed by atoms with Crippen LogP contribution in [0.5, 0.6) is 0 Å². The van der Waals surface area contributed by atoms with Crippen molar-refractivity contribution in [2.45, 2.75) is 13.5 Å².